The van der Waals surface area contributed by atoms with E-state index in [2.05, 4.69) is 0 Å². The third-order valence-electron chi connectivity index (χ3n) is 5.74. The molecule has 6 nitrogen and oxygen atoms in total. The number of morpholine rings is 1. The van der Waals surface area contributed by atoms with Crippen molar-refractivity contribution in [3.05, 3.63) is 29.8 Å². The topological polar surface area (TPSA) is 66.9 Å². The summed E-state index contributed by atoms with van der Waals surface area (Å²) in [4.78, 5) is 15.1. The number of nitrogens with zero attached hydrogens (tertiary/aromatic N) is 2. The molecule has 1 aromatic carbocycles. The molecule has 0 aromatic heterocycles. The zero-order valence-corrected chi connectivity index (χ0v) is 18.0. The highest BCUT2D eigenvalue weighted by molar-refractivity contribution is 7.89. The van der Waals surface area contributed by atoms with Crippen LogP contribution in [0, 0.1) is 0 Å². The molecule has 2 fully saturated rings. The van der Waals surface area contributed by atoms with Gasteiger partial charge in [0.1, 0.15) is 0 Å². The van der Waals surface area contributed by atoms with E-state index in [-0.39, 0.29) is 23.0 Å². The summed E-state index contributed by atoms with van der Waals surface area (Å²) >= 11 is 0. The lowest BCUT2D eigenvalue weighted by Crippen LogP contribution is -2.48. The molecule has 156 valence electrons. The van der Waals surface area contributed by atoms with Crippen molar-refractivity contribution in [3.63, 3.8) is 0 Å². The first-order valence-electron chi connectivity index (χ1n) is 10.4. The van der Waals surface area contributed by atoms with Crippen LogP contribution in [0.25, 0.3) is 0 Å². The lowest BCUT2D eigenvalue weighted by atomic mass is 9.93. The fraction of sp³-hybridized carbons (Fsp3) is 0.667. The van der Waals surface area contributed by atoms with Crippen LogP contribution in [-0.2, 0) is 14.8 Å². The first-order valence-corrected chi connectivity index (χ1v) is 11.8. The summed E-state index contributed by atoms with van der Waals surface area (Å²) in [5.41, 5.74) is 0.551. The van der Waals surface area contributed by atoms with Gasteiger partial charge in [-0.2, -0.15) is 4.31 Å². The number of ether oxygens (including phenoxy) is 1. The molecule has 1 heterocycles. The predicted octanol–water partition coefficient (Wildman–Crippen LogP) is 3.28. The molecule has 7 heteroatoms. The van der Waals surface area contributed by atoms with Gasteiger partial charge in [0.15, 0.2) is 0 Å². The highest BCUT2D eigenvalue weighted by Crippen LogP contribution is 2.25. The molecular weight excluding hydrogens is 376 g/mol. The minimum Gasteiger partial charge on any atom is -0.373 e. The monoisotopic (exact) mass is 408 g/mol. The van der Waals surface area contributed by atoms with Gasteiger partial charge in [-0.1, -0.05) is 19.3 Å². The molecule has 0 N–H and O–H groups in total. The summed E-state index contributed by atoms with van der Waals surface area (Å²) < 4.78 is 33.1. The molecule has 1 amide bonds. The highest BCUT2D eigenvalue weighted by atomic mass is 32.2. The zero-order valence-electron chi connectivity index (χ0n) is 17.1. The Morgan fingerprint density at radius 3 is 2.18 bits per heavy atom. The van der Waals surface area contributed by atoms with Crippen LogP contribution in [0.3, 0.4) is 0 Å². The molecule has 1 saturated heterocycles. The standard InChI is InChI=1S/C21H32N2O4S/c1-4-23(19-8-6-5-7-9-19)21(24)18-10-12-20(13-11-18)28(25,26)22-14-16(2)27-17(3)15-22/h10-13,16-17,19H,4-9,14-15H2,1-3H3. The smallest absolute Gasteiger partial charge is 0.254 e. The minimum atomic E-state index is -3.59. The molecule has 1 aromatic rings. The van der Waals surface area contributed by atoms with Gasteiger partial charge in [-0.3, -0.25) is 4.79 Å². The van der Waals surface area contributed by atoms with Crippen LogP contribution in [-0.4, -0.2) is 61.4 Å². The molecule has 1 aliphatic heterocycles. The second-order valence-electron chi connectivity index (χ2n) is 7.99. The molecule has 1 saturated carbocycles. The van der Waals surface area contributed by atoms with Crippen LogP contribution in [0.1, 0.15) is 63.2 Å². The second kappa shape index (κ2) is 8.93. The van der Waals surface area contributed by atoms with Gasteiger partial charge in [-0.05, 0) is 57.9 Å². The summed E-state index contributed by atoms with van der Waals surface area (Å²) in [5, 5.41) is 0. The van der Waals surface area contributed by atoms with E-state index >= 15 is 0 Å². The summed E-state index contributed by atoms with van der Waals surface area (Å²) in [6.07, 6.45) is 5.43. The van der Waals surface area contributed by atoms with Gasteiger partial charge in [-0.15, -0.1) is 0 Å². The molecule has 3 rings (SSSR count). The Balaban J connectivity index is 1.75. The molecule has 1 aliphatic carbocycles. The molecule has 2 unspecified atom stereocenters. The summed E-state index contributed by atoms with van der Waals surface area (Å²) in [6.45, 7) is 7.13. The number of sulfonamides is 1. The Morgan fingerprint density at radius 2 is 1.64 bits per heavy atom. The van der Waals surface area contributed by atoms with Gasteiger partial charge in [0, 0.05) is 31.2 Å². The fourth-order valence-corrected chi connectivity index (χ4v) is 5.96. The average molecular weight is 409 g/mol. The van der Waals surface area contributed by atoms with Crippen molar-refractivity contribution >= 4 is 15.9 Å². The molecule has 2 atom stereocenters. The van der Waals surface area contributed by atoms with Gasteiger partial charge in [0.2, 0.25) is 10.0 Å². The van der Waals surface area contributed by atoms with Gasteiger partial charge in [0.05, 0.1) is 17.1 Å². The Kier molecular flexibility index (Phi) is 6.78. The SMILES string of the molecule is CCN(C(=O)c1ccc(S(=O)(=O)N2CC(C)OC(C)C2)cc1)C1CCCCC1. The van der Waals surface area contributed by atoms with E-state index in [0.717, 1.165) is 12.8 Å². The molecule has 28 heavy (non-hydrogen) atoms. The average Bonchev–Trinajstić information content (AvgIpc) is 2.68. The summed E-state index contributed by atoms with van der Waals surface area (Å²) in [7, 11) is -3.59. The van der Waals surface area contributed by atoms with Crippen molar-refractivity contribution < 1.29 is 17.9 Å². The third-order valence-corrected chi connectivity index (χ3v) is 7.59. The van der Waals surface area contributed by atoms with Crippen LogP contribution in [0.5, 0.6) is 0 Å². The van der Waals surface area contributed by atoms with E-state index in [4.69, 9.17) is 4.74 Å². The Bertz CT molecular complexity index is 762. The van der Waals surface area contributed by atoms with Crippen molar-refractivity contribution in [2.75, 3.05) is 19.6 Å². The van der Waals surface area contributed by atoms with E-state index in [0.29, 0.717) is 31.2 Å². The number of hydrogen-bond donors (Lipinski definition) is 0. The predicted molar refractivity (Wildman–Crippen MR) is 109 cm³/mol. The van der Waals surface area contributed by atoms with Crippen LogP contribution in [0.2, 0.25) is 0 Å². The largest absolute Gasteiger partial charge is 0.373 e. The fourth-order valence-electron chi connectivity index (χ4n) is 4.37. The van der Waals surface area contributed by atoms with E-state index in [1.807, 2.05) is 25.7 Å². The van der Waals surface area contributed by atoms with Gasteiger partial charge < -0.3 is 9.64 Å². The zero-order chi connectivity index (χ0) is 20.3. The maximum Gasteiger partial charge on any atom is 0.254 e. The first kappa shape index (κ1) is 21.3. The Hall–Kier alpha value is -1.44. The first-order chi connectivity index (χ1) is 13.3. The van der Waals surface area contributed by atoms with E-state index < -0.39 is 10.0 Å². The summed E-state index contributed by atoms with van der Waals surface area (Å²) in [5.74, 6) is -0.00744. The Morgan fingerprint density at radius 1 is 1.07 bits per heavy atom. The molecule has 0 bridgehead atoms. The molecule has 0 radical (unpaired) electrons. The van der Waals surface area contributed by atoms with E-state index in [9.17, 15) is 13.2 Å². The van der Waals surface area contributed by atoms with E-state index in [1.54, 1.807) is 24.3 Å². The number of rotatable bonds is 5. The van der Waals surface area contributed by atoms with Crippen LogP contribution < -0.4 is 0 Å². The normalized spacial score (nSPS) is 24.8. The highest BCUT2D eigenvalue weighted by Gasteiger charge is 2.32. The number of amides is 1. The van der Waals surface area contributed by atoms with Crippen molar-refractivity contribution in [2.24, 2.45) is 0 Å². The van der Waals surface area contributed by atoms with Gasteiger partial charge in [-0.25, -0.2) is 8.42 Å². The quantitative estimate of drug-likeness (QED) is 0.750. The Labute approximate surface area is 168 Å². The lowest BCUT2D eigenvalue weighted by Gasteiger charge is -2.34. The van der Waals surface area contributed by atoms with Gasteiger partial charge in [0.25, 0.3) is 5.91 Å². The molecule has 0 spiro atoms. The maximum atomic E-state index is 13.0. The lowest BCUT2D eigenvalue weighted by molar-refractivity contribution is -0.0440. The molecular formula is C21H32N2O4S. The van der Waals surface area contributed by atoms with Crippen LogP contribution >= 0.6 is 0 Å². The third kappa shape index (κ3) is 4.58. The molecule has 2 aliphatic rings. The van der Waals surface area contributed by atoms with E-state index in [1.165, 1.54) is 23.6 Å². The number of carbonyl (C=O) groups excluding carboxylic acids is 1. The van der Waals surface area contributed by atoms with Crippen molar-refractivity contribution in [1.29, 1.82) is 0 Å². The number of hydrogen-bond acceptors (Lipinski definition) is 4. The number of carbonyl (C=O) groups is 1. The maximum absolute atomic E-state index is 13.0. The van der Waals surface area contributed by atoms with Crippen LogP contribution in [0.4, 0.5) is 0 Å². The van der Waals surface area contributed by atoms with Crippen molar-refractivity contribution in [2.45, 2.75) is 76.0 Å². The summed E-state index contributed by atoms with van der Waals surface area (Å²) in [6, 6.07) is 6.71. The van der Waals surface area contributed by atoms with Crippen LogP contribution in [0.15, 0.2) is 29.2 Å². The van der Waals surface area contributed by atoms with Gasteiger partial charge >= 0.3 is 0 Å². The van der Waals surface area contributed by atoms with Crippen molar-refractivity contribution in [3.8, 4) is 0 Å². The minimum absolute atomic E-state index is 0.00744. The number of benzene rings is 1. The second-order valence-corrected chi connectivity index (χ2v) is 9.92. The van der Waals surface area contributed by atoms with Crippen molar-refractivity contribution in [1.82, 2.24) is 9.21 Å².